The predicted octanol–water partition coefficient (Wildman–Crippen LogP) is -0.349. The van der Waals surface area contributed by atoms with Crippen LogP contribution in [0.5, 0.6) is 5.75 Å². The smallest absolute Gasteiger partial charge is 0.267 e. The van der Waals surface area contributed by atoms with Gasteiger partial charge < -0.3 is 15.8 Å². The van der Waals surface area contributed by atoms with Crippen LogP contribution in [0.4, 0.5) is 0 Å². The molecule has 0 aromatic heterocycles. The lowest BCUT2D eigenvalue weighted by atomic mass is 10.2. The number of carbonyl (C=O) groups excluding carboxylic acids is 2. The highest BCUT2D eigenvalue weighted by Crippen LogP contribution is 2.12. The first-order valence-electron chi connectivity index (χ1n) is 6.19. The summed E-state index contributed by atoms with van der Waals surface area (Å²) in [6, 6.07) is 5.34. The molecule has 1 atom stereocenters. The maximum absolute atomic E-state index is 11.9. The van der Waals surface area contributed by atoms with Gasteiger partial charge in [0.25, 0.3) is 11.8 Å². The summed E-state index contributed by atoms with van der Waals surface area (Å²) in [6.45, 7) is 1.86. The van der Waals surface area contributed by atoms with E-state index in [1.165, 1.54) is 5.48 Å². The summed E-state index contributed by atoms with van der Waals surface area (Å²) < 4.78 is 5.32. The van der Waals surface area contributed by atoms with E-state index in [2.05, 4.69) is 17.2 Å². The van der Waals surface area contributed by atoms with Crippen LogP contribution in [0.3, 0.4) is 0 Å². The Bertz CT molecular complexity index is 546. The van der Waals surface area contributed by atoms with Gasteiger partial charge in [0.15, 0.2) is 0 Å². The highest BCUT2D eigenvalue weighted by Gasteiger charge is 2.19. The molecular weight excluding hydrogens is 274 g/mol. The fraction of sp³-hybridized carbons (Fsp3) is 0.286. The number of hydrogen-bond donors (Lipinski definition) is 4. The molecular formula is C14H17N3O4. The van der Waals surface area contributed by atoms with Gasteiger partial charge in [-0.3, -0.25) is 14.8 Å². The molecule has 0 radical (unpaired) electrons. The van der Waals surface area contributed by atoms with Crippen molar-refractivity contribution in [3.8, 4) is 17.6 Å². The van der Waals surface area contributed by atoms with Crippen LogP contribution in [-0.4, -0.2) is 36.2 Å². The van der Waals surface area contributed by atoms with Crippen molar-refractivity contribution in [3.63, 3.8) is 0 Å². The number of rotatable bonds is 6. The number of nitrogens with one attached hydrogen (secondary N) is 2. The van der Waals surface area contributed by atoms with Crippen LogP contribution in [0.1, 0.15) is 17.3 Å². The SMILES string of the molecule is CC#CCOc1ccc(C(=O)N[C@@H](CN)C(=O)NO)cc1. The van der Waals surface area contributed by atoms with Crippen LogP contribution in [0.2, 0.25) is 0 Å². The van der Waals surface area contributed by atoms with E-state index in [1.807, 2.05) is 0 Å². The Hall–Kier alpha value is -2.56. The molecule has 7 nitrogen and oxygen atoms in total. The van der Waals surface area contributed by atoms with Crippen LogP contribution >= 0.6 is 0 Å². The lowest BCUT2D eigenvalue weighted by Gasteiger charge is -2.14. The molecule has 1 aromatic rings. The quantitative estimate of drug-likeness (QED) is 0.325. The van der Waals surface area contributed by atoms with Gasteiger partial charge >= 0.3 is 0 Å². The summed E-state index contributed by atoms with van der Waals surface area (Å²) in [5, 5.41) is 10.9. The summed E-state index contributed by atoms with van der Waals surface area (Å²) in [7, 11) is 0. The highest BCUT2D eigenvalue weighted by atomic mass is 16.5. The van der Waals surface area contributed by atoms with Gasteiger partial charge in [-0.25, -0.2) is 5.48 Å². The van der Waals surface area contributed by atoms with Gasteiger partial charge in [0, 0.05) is 12.1 Å². The number of carbonyl (C=O) groups is 2. The second-order valence-corrected chi connectivity index (χ2v) is 3.98. The minimum atomic E-state index is -1.00. The summed E-state index contributed by atoms with van der Waals surface area (Å²) in [5.74, 6) is 4.78. The third-order valence-electron chi connectivity index (χ3n) is 2.57. The molecule has 0 aliphatic rings. The third kappa shape index (κ3) is 5.14. The maximum Gasteiger partial charge on any atom is 0.267 e. The number of nitrogens with two attached hydrogens (primary N) is 1. The van der Waals surface area contributed by atoms with E-state index >= 15 is 0 Å². The van der Waals surface area contributed by atoms with Gasteiger partial charge in [-0.2, -0.15) is 0 Å². The lowest BCUT2D eigenvalue weighted by molar-refractivity contribution is -0.130. The molecule has 0 aliphatic carbocycles. The first kappa shape index (κ1) is 16.5. The zero-order valence-corrected chi connectivity index (χ0v) is 11.6. The number of hydrogen-bond acceptors (Lipinski definition) is 5. The highest BCUT2D eigenvalue weighted by molar-refractivity contribution is 5.97. The van der Waals surface area contributed by atoms with Crippen molar-refractivity contribution in [2.24, 2.45) is 5.73 Å². The lowest BCUT2D eigenvalue weighted by Crippen LogP contribution is -2.50. The van der Waals surface area contributed by atoms with Crippen LogP contribution in [-0.2, 0) is 4.79 Å². The first-order chi connectivity index (χ1) is 10.1. The zero-order chi connectivity index (χ0) is 15.7. The Morgan fingerprint density at radius 2 is 2.05 bits per heavy atom. The van der Waals surface area contributed by atoms with Crippen molar-refractivity contribution in [1.82, 2.24) is 10.8 Å². The summed E-state index contributed by atoms with van der Waals surface area (Å²) in [4.78, 5) is 23.1. The predicted molar refractivity (Wildman–Crippen MR) is 75.6 cm³/mol. The van der Waals surface area contributed by atoms with E-state index < -0.39 is 17.9 Å². The van der Waals surface area contributed by atoms with Crippen LogP contribution < -0.4 is 21.3 Å². The maximum atomic E-state index is 11.9. The van der Waals surface area contributed by atoms with Crippen LogP contribution in [0.15, 0.2) is 24.3 Å². The first-order valence-corrected chi connectivity index (χ1v) is 6.19. The molecule has 2 amide bonds. The van der Waals surface area contributed by atoms with Gasteiger partial charge in [0.2, 0.25) is 0 Å². The van der Waals surface area contributed by atoms with Crippen molar-refractivity contribution in [2.75, 3.05) is 13.2 Å². The topological polar surface area (TPSA) is 114 Å². The van der Waals surface area contributed by atoms with E-state index in [4.69, 9.17) is 15.7 Å². The van der Waals surface area contributed by atoms with Crippen molar-refractivity contribution in [3.05, 3.63) is 29.8 Å². The molecule has 0 fully saturated rings. The monoisotopic (exact) mass is 291 g/mol. The molecule has 21 heavy (non-hydrogen) atoms. The molecule has 0 saturated heterocycles. The van der Waals surface area contributed by atoms with Crippen molar-refractivity contribution < 1.29 is 19.5 Å². The molecule has 0 heterocycles. The molecule has 1 aromatic carbocycles. The average molecular weight is 291 g/mol. The van der Waals surface area contributed by atoms with Crippen LogP contribution in [0.25, 0.3) is 0 Å². The minimum Gasteiger partial charge on any atom is -0.481 e. The molecule has 5 N–H and O–H groups in total. The van der Waals surface area contributed by atoms with Gasteiger partial charge in [-0.15, -0.1) is 5.92 Å². The second kappa shape index (κ2) is 8.58. The normalized spacial score (nSPS) is 10.8. The minimum absolute atomic E-state index is 0.130. The molecule has 112 valence electrons. The Morgan fingerprint density at radius 3 is 2.57 bits per heavy atom. The van der Waals surface area contributed by atoms with E-state index in [-0.39, 0.29) is 13.2 Å². The van der Waals surface area contributed by atoms with E-state index in [9.17, 15) is 9.59 Å². The van der Waals surface area contributed by atoms with E-state index in [0.29, 0.717) is 11.3 Å². The molecule has 0 saturated carbocycles. The Morgan fingerprint density at radius 1 is 1.38 bits per heavy atom. The van der Waals surface area contributed by atoms with Gasteiger partial charge in [-0.05, 0) is 31.2 Å². The molecule has 7 heteroatoms. The molecule has 0 unspecified atom stereocenters. The van der Waals surface area contributed by atoms with Gasteiger partial charge in [0.05, 0.1) is 0 Å². The fourth-order valence-electron chi connectivity index (χ4n) is 1.45. The van der Waals surface area contributed by atoms with Gasteiger partial charge in [-0.1, -0.05) is 5.92 Å². The number of hydroxylamine groups is 1. The molecule has 0 bridgehead atoms. The Labute approximate surface area is 122 Å². The largest absolute Gasteiger partial charge is 0.481 e. The Balaban J connectivity index is 2.65. The zero-order valence-electron chi connectivity index (χ0n) is 11.6. The number of ether oxygens (including phenoxy) is 1. The number of amides is 2. The Kier molecular flexibility index (Phi) is 6.74. The molecule has 1 rings (SSSR count). The number of benzene rings is 1. The van der Waals surface area contributed by atoms with Crippen molar-refractivity contribution in [1.29, 1.82) is 0 Å². The van der Waals surface area contributed by atoms with Crippen LogP contribution in [0, 0.1) is 11.8 Å². The average Bonchev–Trinajstić information content (AvgIpc) is 2.52. The second-order valence-electron chi connectivity index (χ2n) is 3.98. The van der Waals surface area contributed by atoms with Crippen molar-refractivity contribution in [2.45, 2.75) is 13.0 Å². The summed E-state index contributed by atoms with van der Waals surface area (Å²) in [5.41, 5.74) is 7.13. The third-order valence-corrected chi connectivity index (χ3v) is 2.57. The van der Waals surface area contributed by atoms with Gasteiger partial charge in [0.1, 0.15) is 18.4 Å². The van der Waals surface area contributed by atoms with E-state index in [0.717, 1.165) is 0 Å². The molecule has 0 aliphatic heterocycles. The fourth-order valence-corrected chi connectivity index (χ4v) is 1.45. The van der Waals surface area contributed by atoms with E-state index in [1.54, 1.807) is 31.2 Å². The summed E-state index contributed by atoms with van der Waals surface area (Å²) in [6.07, 6.45) is 0. The van der Waals surface area contributed by atoms with Crippen molar-refractivity contribution >= 4 is 11.8 Å². The standard InChI is InChI=1S/C14H17N3O4/c1-2-3-8-21-11-6-4-10(5-7-11)13(18)16-12(9-15)14(19)17-20/h4-7,12,20H,8-9,15H2,1H3,(H,16,18)(H,17,19)/t12-/m0/s1. The molecule has 0 spiro atoms. The summed E-state index contributed by atoms with van der Waals surface area (Å²) >= 11 is 0.